The number of Topliss-reactive ketones (excluding diaryl/α,β-unsaturated/α-hetero) is 4. The lowest BCUT2D eigenvalue weighted by Gasteiger charge is -2.45. The molecular formula is C64H88O8. The maximum absolute atomic E-state index is 12.8. The van der Waals surface area contributed by atoms with Gasteiger partial charge in [-0.05, 0) is 180 Å². The van der Waals surface area contributed by atoms with E-state index in [1.165, 1.54) is 75.7 Å². The molecule has 16 unspecified atom stereocenters. The number of rotatable bonds is 2. The zero-order valence-electron chi connectivity index (χ0n) is 45.9. The topological polar surface area (TPSA) is 137 Å². The van der Waals surface area contributed by atoms with Gasteiger partial charge in [-0.25, -0.2) is 0 Å². The molecule has 8 nitrogen and oxygen atoms in total. The zero-order chi connectivity index (χ0) is 52.6. The fraction of sp³-hybridized carbons (Fsp3) is 0.719. The molecule has 10 bridgehead atoms. The van der Waals surface area contributed by atoms with Crippen LogP contribution in [0.4, 0.5) is 0 Å². The Bertz CT molecular complexity index is 2230. The third-order valence-corrected chi connectivity index (χ3v) is 19.7. The van der Waals surface area contributed by atoms with Crippen LogP contribution in [0.15, 0.2) is 60.8 Å². The van der Waals surface area contributed by atoms with Crippen LogP contribution in [-0.4, -0.2) is 46.3 Å². The van der Waals surface area contributed by atoms with Crippen LogP contribution >= 0.6 is 0 Å². The summed E-state index contributed by atoms with van der Waals surface area (Å²) in [4.78, 5) is 91.1. The van der Waals surface area contributed by atoms with Crippen molar-refractivity contribution in [3.63, 3.8) is 0 Å². The highest BCUT2D eigenvalue weighted by Gasteiger charge is 2.77. The molecule has 9 fully saturated rings. The summed E-state index contributed by atoms with van der Waals surface area (Å²) < 4.78 is 0. The molecule has 14 aliphatic rings. The van der Waals surface area contributed by atoms with Gasteiger partial charge in [0, 0.05) is 23.7 Å². The third-order valence-electron chi connectivity index (χ3n) is 19.7. The van der Waals surface area contributed by atoms with Crippen LogP contribution in [0.3, 0.4) is 0 Å². The minimum absolute atomic E-state index is 0.00738. The average molecular weight is 985 g/mol. The normalized spacial score (nSPS) is 40.6. The van der Waals surface area contributed by atoms with Crippen molar-refractivity contribution in [1.29, 1.82) is 0 Å². The molecule has 8 heteroatoms. The molecule has 0 N–H and O–H groups in total. The lowest BCUT2D eigenvalue weighted by molar-refractivity contribution is -0.128. The van der Waals surface area contributed by atoms with E-state index >= 15 is 0 Å². The number of allylic oxidation sites excluding steroid dienone is 10. The summed E-state index contributed by atoms with van der Waals surface area (Å²) in [5.41, 5.74) is 0.399. The van der Waals surface area contributed by atoms with Crippen molar-refractivity contribution < 1.29 is 38.4 Å². The van der Waals surface area contributed by atoms with Crippen molar-refractivity contribution in [2.75, 3.05) is 0 Å². The van der Waals surface area contributed by atoms with Crippen molar-refractivity contribution in [1.82, 2.24) is 0 Å². The van der Waals surface area contributed by atoms with Crippen molar-refractivity contribution in [2.45, 2.75) is 160 Å². The van der Waals surface area contributed by atoms with Gasteiger partial charge in [-0.3, -0.25) is 38.4 Å². The molecule has 392 valence electrons. The van der Waals surface area contributed by atoms with Crippen LogP contribution in [0, 0.1) is 128 Å². The van der Waals surface area contributed by atoms with E-state index in [1.54, 1.807) is 0 Å². The Kier molecular flexibility index (Phi) is 15.3. The SMILES string of the molecule is C1=CC2C=CC1C2.C1=CC2CCC1C2.CC(C)(C)C1C(=O)CC(=O)C1C1C2CC3C1C3C2C(C)(C)C.CC(C)(C)C1C(=O)CC(=O)C1C1C2CCC(C2)C1C(C)(C)C.O=C1C=CC(=O)C1.O=C1C=CC(=O)C1. The van der Waals surface area contributed by atoms with Crippen molar-refractivity contribution in [2.24, 2.45) is 128 Å². The van der Waals surface area contributed by atoms with E-state index in [0.29, 0.717) is 35.0 Å². The molecule has 0 aromatic heterocycles. The van der Waals surface area contributed by atoms with E-state index in [2.05, 4.69) is 120 Å². The van der Waals surface area contributed by atoms with Crippen LogP contribution in [0.25, 0.3) is 0 Å². The van der Waals surface area contributed by atoms with E-state index in [1.807, 2.05) is 0 Å². The lowest BCUT2D eigenvalue weighted by Crippen LogP contribution is -2.43. The van der Waals surface area contributed by atoms with Gasteiger partial charge in [-0.1, -0.05) is 120 Å². The van der Waals surface area contributed by atoms with Crippen LogP contribution < -0.4 is 0 Å². The van der Waals surface area contributed by atoms with Gasteiger partial charge < -0.3 is 0 Å². The molecule has 0 aromatic carbocycles. The van der Waals surface area contributed by atoms with Crippen LogP contribution in [0.2, 0.25) is 0 Å². The van der Waals surface area contributed by atoms with Gasteiger partial charge in [0.2, 0.25) is 0 Å². The fourth-order valence-electron chi connectivity index (χ4n) is 17.6. The summed E-state index contributed by atoms with van der Waals surface area (Å²) in [7, 11) is 0. The van der Waals surface area contributed by atoms with Crippen LogP contribution in [0.5, 0.6) is 0 Å². The number of ketones is 8. The molecule has 0 saturated heterocycles. The van der Waals surface area contributed by atoms with E-state index < -0.39 is 0 Å². The Morgan fingerprint density at radius 3 is 1.06 bits per heavy atom. The second-order valence-electron chi connectivity index (χ2n) is 28.9. The van der Waals surface area contributed by atoms with E-state index in [-0.39, 0.29) is 112 Å². The molecule has 0 heterocycles. The molecule has 0 spiro atoms. The molecule has 14 aliphatic carbocycles. The summed E-state index contributed by atoms with van der Waals surface area (Å²) >= 11 is 0. The van der Waals surface area contributed by atoms with Gasteiger partial charge >= 0.3 is 0 Å². The minimum atomic E-state index is -0.0990. The summed E-state index contributed by atoms with van der Waals surface area (Å²) in [6, 6.07) is 0. The smallest absolute Gasteiger partial charge is 0.163 e. The molecule has 14 rings (SSSR count). The number of carbonyl (C=O) groups excluding carboxylic acids is 8. The van der Waals surface area contributed by atoms with Gasteiger partial charge in [-0.15, -0.1) is 0 Å². The van der Waals surface area contributed by atoms with E-state index in [4.69, 9.17) is 0 Å². The molecule has 72 heavy (non-hydrogen) atoms. The highest BCUT2D eigenvalue weighted by Crippen LogP contribution is 2.80. The summed E-state index contributed by atoms with van der Waals surface area (Å²) in [5.74, 6) is 11.2. The summed E-state index contributed by atoms with van der Waals surface area (Å²) in [6.07, 6.45) is 30.8. The standard InChI is InChI=1S/C20H30O2.C20H32O2.C7H10.C7H8.2C5H4O2/c1-19(2,3)17-10-7-9-13(15(9)17)14(10)16-11(21)8-12(22)18(16)20(4,5)6;1-19(2,3)17-12-8-7-11(9-12)15(17)16-13(21)10-14(22)18(16)20(4,5)6;2*1-2-7-4-3-6(1)5-7;2*6-4-1-2-5(7)3-4/h9-10,13-18H,7-8H2,1-6H3;11-12,15-18H,7-10H2,1-6H3;1-2,6-7H,3-5H2;1-4,6-7H,5H2;2*1-2H,3H2. The minimum Gasteiger partial charge on any atom is -0.299 e. The predicted molar refractivity (Wildman–Crippen MR) is 282 cm³/mol. The maximum Gasteiger partial charge on any atom is 0.163 e. The molecular weight excluding hydrogens is 897 g/mol. The number of hydrogen-bond acceptors (Lipinski definition) is 8. The second-order valence-corrected chi connectivity index (χ2v) is 28.9. The maximum atomic E-state index is 12.8. The van der Waals surface area contributed by atoms with Crippen LogP contribution in [-0.2, 0) is 38.4 Å². The first-order chi connectivity index (χ1) is 33.5. The Hall–Kier alpha value is -3.94. The highest BCUT2D eigenvalue weighted by molar-refractivity contribution is 6.16. The third kappa shape index (κ3) is 11.3. The van der Waals surface area contributed by atoms with E-state index in [0.717, 1.165) is 53.3 Å². The number of hydrogen-bond donors (Lipinski definition) is 0. The first-order valence-electron chi connectivity index (χ1n) is 28.2. The molecule has 0 aliphatic heterocycles. The Morgan fingerprint density at radius 2 is 0.764 bits per heavy atom. The van der Waals surface area contributed by atoms with Crippen molar-refractivity contribution in [3.05, 3.63) is 60.8 Å². The summed E-state index contributed by atoms with van der Waals surface area (Å²) in [5, 5.41) is 0. The Balaban J connectivity index is 0.000000127. The van der Waals surface area contributed by atoms with Gasteiger partial charge in [0.05, 0.1) is 25.7 Å². The second kappa shape index (κ2) is 20.3. The molecule has 0 radical (unpaired) electrons. The van der Waals surface area contributed by atoms with Crippen molar-refractivity contribution >= 4 is 46.3 Å². The zero-order valence-corrected chi connectivity index (χ0v) is 45.9. The largest absolute Gasteiger partial charge is 0.299 e. The number of fused-ring (bicyclic) bond motifs is 6. The monoisotopic (exact) mass is 985 g/mol. The average Bonchev–Trinajstić information content (AvgIpc) is 4.12. The molecule has 9 saturated carbocycles. The highest BCUT2D eigenvalue weighted by atomic mass is 16.2. The number of carbonyl (C=O) groups is 8. The van der Waals surface area contributed by atoms with Crippen LogP contribution in [0.1, 0.15) is 160 Å². The molecule has 0 amide bonds. The van der Waals surface area contributed by atoms with Crippen molar-refractivity contribution in [3.8, 4) is 0 Å². The van der Waals surface area contributed by atoms with Gasteiger partial charge in [0.25, 0.3) is 0 Å². The molecule has 16 atom stereocenters. The van der Waals surface area contributed by atoms with E-state index in [9.17, 15) is 38.4 Å². The molecule has 0 aromatic rings. The Morgan fingerprint density at radius 1 is 0.347 bits per heavy atom. The first-order valence-corrected chi connectivity index (χ1v) is 28.2. The van der Waals surface area contributed by atoms with Gasteiger partial charge in [0.1, 0.15) is 23.1 Å². The summed E-state index contributed by atoms with van der Waals surface area (Å²) in [6.45, 7) is 27.0. The van der Waals surface area contributed by atoms with Gasteiger partial charge in [0.15, 0.2) is 23.1 Å². The predicted octanol–water partition coefficient (Wildman–Crippen LogP) is 12.4. The quantitative estimate of drug-likeness (QED) is 0.197. The van der Waals surface area contributed by atoms with Gasteiger partial charge in [-0.2, -0.15) is 0 Å². The first kappa shape index (κ1) is 54.3. The lowest BCUT2D eigenvalue weighted by atomic mass is 9.58. The Labute approximate surface area is 432 Å². The fourth-order valence-corrected chi connectivity index (χ4v) is 17.6.